The van der Waals surface area contributed by atoms with Crippen molar-refractivity contribution in [1.29, 1.82) is 5.26 Å². The summed E-state index contributed by atoms with van der Waals surface area (Å²) in [7, 11) is 0. The summed E-state index contributed by atoms with van der Waals surface area (Å²) in [5.41, 5.74) is 1.82. The average Bonchev–Trinajstić information content (AvgIpc) is 2.48. The molecule has 2 rings (SSSR count). The smallest absolute Gasteiger partial charge is 0.325 e. The molecule has 0 spiro atoms. The van der Waals surface area contributed by atoms with Crippen molar-refractivity contribution in [3.05, 3.63) is 65.5 Å². The number of carbonyl (C=O) groups is 1. The van der Waals surface area contributed by atoms with Gasteiger partial charge in [-0.15, -0.1) is 0 Å². The molecule has 1 aromatic heterocycles. The minimum absolute atomic E-state index is 0.316. The molecule has 0 saturated heterocycles. The van der Waals surface area contributed by atoms with Crippen LogP contribution in [-0.4, -0.2) is 16.1 Å². The lowest BCUT2D eigenvalue weighted by Gasteiger charge is -2.14. The van der Waals surface area contributed by atoms with E-state index in [4.69, 9.17) is 5.26 Å². The van der Waals surface area contributed by atoms with E-state index < -0.39 is 12.0 Å². The number of benzene rings is 1. The number of hydrogen-bond acceptors (Lipinski definition) is 4. The molecule has 2 aromatic rings. The number of nitrogens with zero attached hydrogens (tertiary/aromatic N) is 2. The van der Waals surface area contributed by atoms with Crippen LogP contribution in [0.4, 0.5) is 0 Å². The molecule has 100 valence electrons. The molecule has 1 unspecified atom stereocenters. The summed E-state index contributed by atoms with van der Waals surface area (Å²) in [5, 5.41) is 21.0. The van der Waals surface area contributed by atoms with E-state index in [1.54, 1.807) is 36.4 Å². The highest BCUT2D eigenvalue weighted by Crippen LogP contribution is 2.13. The number of aromatic nitrogens is 1. The van der Waals surface area contributed by atoms with Crippen molar-refractivity contribution in [2.75, 3.05) is 0 Å². The molecule has 0 amide bonds. The van der Waals surface area contributed by atoms with E-state index >= 15 is 0 Å². The van der Waals surface area contributed by atoms with E-state index in [1.165, 1.54) is 6.20 Å². The van der Waals surface area contributed by atoms with E-state index in [9.17, 15) is 9.90 Å². The maximum Gasteiger partial charge on any atom is 0.325 e. The highest BCUT2D eigenvalue weighted by atomic mass is 16.4. The summed E-state index contributed by atoms with van der Waals surface area (Å²) in [5.74, 6) is -0.939. The summed E-state index contributed by atoms with van der Waals surface area (Å²) in [6.45, 7) is 0.350. The number of pyridine rings is 1. The first-order valence-corrected chi connectivity index (χ1v) is 6.07. The molecule has 1 aromatic carbocycles. The normalized spacial score (nSPS) is 11.6. The molecule has 5 nitrogen and oxygen atoms in total. The average molecular weight is 267 g/mol. The Hall–Kier alpha value is -2.71. The van der Waals surface area contributed by atoms with Crippen molar-refractivity contribution in [2.45, 2.75) is 12.6 Å². The summed E-state index contributed by atoms with van der Waals surface area (Å²) < 4.78 is 0. The second-order valence-electron chi connectivity index (χ2n) is 4.22. The van der Waals surface area contributed by atoms with Crippen LogP contribution >= 0.6 is 0 Å². The summed E-state index contributed by atoms with van der Waals surface area (Å²) in [6.07, 6.45) is 1.54. The zero-order valence-electron chi connectivity index (χ0n) is 10.7. The molecule has 0 aliphatic rings. The van der Waals surface area contributed by atoms with Gasteiger partial charge in [0, 0.05) is 12.7 Å². The Kier molecular flexibility index (Phi) is 4.43. The second-order valence-corrected chi connectivity index (χ2v) is 4.22. The van der Waals surface area contributed by atoms with E-state index in [-0.39, 0.29) is 0 Å². The summed E-state index contributed by atoms with van der Waals surface area (Å²) in [6, 6.07) is 13.5. The first kappa shape index (κ1) is 13.7. The van der Waals surface area contributed by atoms with Gasteiger partial charge in [0.25, 0.3) is 0 Å². The van der Waals surface area contributed by atoms with Gasteiger partial charge in [0.2, 0.25) is 0 Å². The molecule has 0 radical (unpaired) electrons. The van der Waals surface area contributed by atoms with Crippen LogP contribution in [0.2, 0.25) is 0 Å². The van der Waals surface area contributed by atoms with Crippen LogP contribution in [0.15, 0.2) is 48.7 Å². The molecule has 1 atom stereocenters. The largest absolute Gasteiger partial charge is 0.480 e. The SMILES string of the molecule is N#Cc1cc(CNC(C(=O)O)c2ccccc2)ccn1. The van der Waals surface area contributed by atoms with Crippen LogP contribution in [0.1, 0.15) is 22.9 Å². The number of rotatable bonds is 5. The van der Waals surface area contributed by atoms with E-state index in [1.807, 2.05) is 12.1 Å². The fraction of sp³-hybridized carbons (Fsp3) is 0.133. The number of nitrogens with one attached hydrogen (secondary N) is 1. The van der Waals surface area contributed by atoms with E-state index in [0.29, 0.717) is 17.8 Å². The first-order chi connectivity index (χ1) is 9.70. The van der Waals surface area contributed by atoms with Crippen molar-refractivity contribution in [3.8, 4) is 6.07 Å². The van der Waals surface area contributed by atoms with Crippen molar-refractivity contribution in [2.24, 2.45) is 0 Å². The highest BCUT2D eigenvalue weighted by Gasteiger charge is 2.18. The highest BCUT2D eigenvalue weighted by molar-refractivity contribution is 5.75. The second kappa shape index (κ2) is 6.45. The van der Waals surface area contributed by atoms with Crippen LogP contribution < -0.4 is 5.32 Å². The number of aliphatic carboxylic acids is 1. The lowest BCUT2D eigenvalue weighted by Crippen LogP contribution is -2.28. The monoisotopic (exact) mass is 267 g/mol. The Morgan fingerprint density at radius 1 is 1.35 bits per heavy atom. The Morgan fingerprint density at radius 3 is 2.75 bits per heavy atom. The van der Waals surface area contributed by atoms with Gasteiger partial charge in [-0.3, -0.25) is 10.1 Å². The van der Waals surface area contributed by atoms with Gasteiger partial charge in [-0.05, 0) is 23.3 Å². The quantitative estimate of drug-likeness (QED) is 0.863. The fourth-order valence-electron chi connectivity index (χ4n) is 1.86. The van der Waals surface area contributed by atoms with E-state index in [0.717, 1.165) is 5.56 Å². The minimum Gasteiger partial charge on any atom is -0.480 e. The van der Waals surface area contributed by atoms with Crippen LogP contribution in [-0.2, 0) is 11.3 Å². The summed E-state index contributed by atoms with van der Waals surface area (Å²) in [4.78, 5) is 15.2. The molecule has 2 N–H and O–H groups in total. The molecular formula is C15H13N3O2. The zero-order chi connectivity index (χ0) is 14.4. The molecule has 0 saturated carbocycles. The predicted octanol–water partition coefficient (Wildman–Crippen LogP) is 1.87. The molecule has 0 aliphatic heterocycles. The first-order valence-electron chi connectivity index (χ1n) is 6.07. The van der Waals surface area contributed by atoms with Crippen LogP contribution in [0, 0.1) is 11.3 Å². The molecular weight excluding hydrogens is 254 g/mol. The summed E-state index contributed by atoms with van der Waals surface area (Å²) >= 11 is 0. The zero-order valence-corrected chi connectivity index (χ0v) is 10.7. The molecule has 0 bridgehead atoms. The lowest BCUT2D eigenvalue weighted by atomic mass is 10.1. The molecule has 1 heterocycles. The van der Waals surface area contributed by atoms with Crippen molar-refractivity contribution < 1.29 is 9.90 Å². The van der Waals surface area contributed by atoms with Crippen molar-refractivity contribution in [1.82, 2.24) is 10.3 Å². The van der Waals surface area contributed by atoms with Crippen molar-refractivity contribution >= 4 is 5.97 Å². The van der Waals surface area contributed by atoms with E-state index in [2.05, 4.69) is 10.3 Å². The van der Waals surface area contributed by atoms with Crippen LogP contribution in [0.25, 0.3) is 0 Å². The maximum absolute atomic E-state index is 11.3. The third-order valence-electron chi connectivity index (χ3n) is 2.83. The van der Waals surface area contributed by atoms with Gasteiger partial charge in [-0.2, -0.15) is 5.26 Å². The minimum atomic E-state index is -0.939. The molecule has 0 fully saturated rings. The maximum atomic E-state index is 11.3. The number of nitriles is 1. The van der Waals surface area contributed by atoms with Gasteiger partial charge < -0.3 is 5.11 Å². The predicted molar refractivity (Wildman–Crippen MR) is 72.6 cm³/mol. The topological polar surface area (TPSA) is 86.0 Å². The number of hydrogen-bond donors (Lipinski definition) is 2. The van der Waals surface area contributed by atoms with Gasteiger partial charge in [0.05, 0.1) is 0 Å². The lowest BCUT2D eigenvalue weighted by molar-refractivity contribution is -0.139. The van der Waals surface area contributed by atoms with Gasteiger partial charge in [-0.1, -0.05) is 30.3 Å². The fourth-order valence-corrected chi connectivity index (χ4v) is 1.86. The standard InChI is InChI=1S/C15H13N3O2/c16-9-13-8-11(6-7-17-13)10-18-14(15(19)20)12-4-2-1-3-5-12/h1-8,14,18H,10H2,(H,19,20). The van der Waals surface area contributed by atoms with Crippen LogP contribution in [0.5, 0.6) is 0 Å². The third-order valence-corrected chi connectivity index (χ3v) is 2.83. The van der Waals surface area contributed by atoms with Gasteiger partial charge in [0.15, 0.2) is 0 Å². The number of carboxylic acids is 1. The van der Waals surface area contributed by atoms with Gasteiger partial charge in [-0.25, -0.2) is 4.98 Å². The molecule has 5 heteroatoms. The van der Waals surface area contributed by atoms with Gasteiger partial charge >= 0.3 is 5.97 Å². The van der Waals surface area contributed by atoms with Crippen LogP contribution in [0.3, 0.4) is 0 Å². The Balaban J connectivity index is 2.10. The Labute approximate surface area is 116 Å². The van der Waals surface area contributed by atoms with Crippen molar-refractivity contribution in [3.63, 3.8) is 0 Å². The third kappa shape index (κ3) is 3.40. The Morgan fingerprint density at radius 2 is 2.10 bits per heavy atom. The van der Waals surface area contributed by atoms with Gasteiger partial charge in [0.1, 0.15) is 17.8 Å². The number of carboxylic acid groups (broad SMARTS) is 1. The molecule has 0 aliphatic carbocycles. The Bertz CT molecular complexity index is 635. The molecule has 20 heavy (non-hydrogen) atoms.